The summed E-state index contributed by atoms with van der Waals surface area (Å²) in [4.78, 5) is 2.42. The van der Waals surface area contributed by atoms with Gasteiger partial charge in [-0.25, -0.2) is 4.39 Å². The molecule has 1 fully saturated rings. The summed E-state index contributed by atoms with van der Waals surface area (Å²) in [6.07, 6.45) is 0. The molecule has 0 atom stereocenters. The Morgan fingerprint density at radius 2 is 1.77 bits per heavy atom. The van der Waals surface area contributed by atoms with Crippen molar-refractivity contribution in [2.45, 2.75) is 27.0 Å². The number of aliphatic hydroxyl groups is 2. The second-order valence-corrected chi connectivity index (χ2v) is 8.62. The van der Waals surface area contributed by atoms with Crippen molar-refractivity contribution >= 4 is 11.5 Å². The van der Waals surface area contributed by atoms with E-state index in [0.29, 0.717) is 5.56 Å². The van der Waals surface area contributed by atoms with Crippen molar-refractivity contribution < 1.29 is 19.3 Å². The number of hydrogen-bond donors (Lipinski definition) is 3. The topological polar surface area (TPSA) is 76.8 Å². The van der Waals surface area contributed by atoms with E-state index < -0.39 is 5.82 Å². The maximum atomic E-state index is 13.1. The molecule has 0 radical (unpaired) electrons. The Morgan fingerprint density at radius 1 is 1.06 bits per heavy atom. The van der Waals surface area contributed by atoms with Crippen LogP contribution in [0.15, 0.2) is 67.2 Å². The van der Waals surface area contributed by atoms with Crippen LogP contribution in [0, 0.1) is 18.2 Å². The fourth-order valence-corrected chi connectivity index (χ4v) is 4.00. The van der Waals surface area contributed by atoms with Gasteiger partial charge in [-0.05, 0) is 59.4 Å². The maximum Gasteiger partial charge on any atom is 0.134 e. The smallest absolute Gasteiger partial charge is 0.134 e. The summed E-state index contributed by atoms with van der Waals surface area (Å²) >= 11 is 0. The maximum absolute atomic E-state index is 13.1. The molecule has 0 aliphatic carbocycles. The van der Waals surface area contributed by atoms with Crippen LogP contribution in [-0.2, 0) is 17.9 Å². The van der Waals surface area contributed by atoms with Crippen LogP contribution in [0.3, 0.4) is 0 Å². The van der Waals surface area contributed by atoms with Gasteiger partial charge in [0.2, 0.25) is 0 Å². The minimum absolute atomic E-state index is 0.0741. The third-order valence-corrected chi connectivity index (χ3v) is 6.00. The van der Waals surface area contributed by atoms with Crippen LogP contribution in [0.4, 0.5) is 4.39 Å². The fourth-order valence-electron chi connectivity index (χ4n) is 4.00. The Bertz CT molecular complexity index is 1190. The van der Waals surface area contributed by atoms with Crippen LogP contribution in [0.1, 0.15) is 34.7 Å². The number of hydrogen-bond acceptors (Lipinski definition) is 5. The molecule has 1 aliphatic heterocycles. The standard InChI is InChI=1S/C19H23NO2.C10H10FNO/c1-15-4-2-3-5-18(15)19-7-6-16(14-21)12-17(19)13-20-8-10-22-11-9-20;1-6(12)8-3-4-9(7(2)13)10(11)5-8/h2-7,12,21H,8-11,13-14H2,1H3;3-5,12-13H,2H2,1H3. The molecule has 6 heteroatoms. The molecule has 0 amide bonds. The molecule has 0 bridgehead atoms. The predicted molar refractivity (Wildman–Crippen MR) is 139 cm³/mol. The van der Waals surface area contributed by atoms with Gasteiger partial charge in [0, 0.05) is 25.3 Å². The number of nitrogens with zero attached hydrogens (tertiary/aromatic N) is 1. The van der Waals surface area contributed by atoms with Gasteiger partial charge in [-0.2, -0.15) is 0 Å². The van der Waals surface area contributed by atoms with Crippen LogP contribution < -0.4 is 0 Å². The third-order valence-electron chi connectivity index (χ3n) is 6.00. The first-order valence-corrected chi connectivity index (χ1v) is 11.6. The summed E-state index contributed by atoms with van der Waals surface area (Å²) < 4.78 is 18.6. The highest BCUT2D eigenvalue weighted by Gasteiger charge is 2.15. The number of morpholine rings is 1. The average Bonchev–Trinajstić information content (AvgIpc) is 2.85. The lowest BCUT2D eigenvalue weighted by atomic mass is 9.94. The highest BCUT2D eigenvalue weighted by atomic mass is 19.1. The van der Waals surface area contributed by atoms with E-state index in [2.05, 4.69) is 54.8 Å². The van der Waals surface area contributed by atoms with Crippen molar-refractivity contribution in [2.24, 2.45) is 0 Å². The Morgan fingerprint density at radius 3 is 2.37 bits per heavy atom. The zero-order valence-electron chi connectivity index (χ0n) is 20.4. The van der Waals surface area contributed by atoms with Gasteiger partial charge >= 0.3 is 0 Å². The van der Waals surface area contributed by atoms with Crippen molar-refractivity contribution in [1.29, 1.82) is 5.41 Å². The van der Waals surface area contributed by atoms with Crippen molar-refractivity contribution in [1.82, 2.24) is 4.90 Å². The number of halogens is 1. The second kappa shape index (κ2) is 12.4. The number of ether oxygens (including phenoxy) is 1. The Balaban J connectivity index is 0.000000225. The number of aliphatic hydroxyl groups excluding tert-OH is 2. The van der Waals surface area contributed by atoms with E-state index in [-0.39, 0.29) is 23.6 Å². The summed E-state index contributed by atoms with van der Waals surface area (Å²) in [6, 6.07) is 19.0. The van der Waals surface area contributed by atoms with E-state index >= 15 is 0 Å². The van der Waals surface area contributed by atoms with Crippen molar-refractivity contribution in [3.8, 4) is 11.1 Å². The van der Waals surface area contributed by atoms with Gasteiger partial charge in [0.25, 0.3) is 0 Å². The quantitative estimate of drug-likeness (QED) is 0.314. The van der Waals surface area contributed by atoms with Gasteiger partial charge in [-0.1, -0.05) is 55.1 Å². The fraction of sp³-hybridized carbons (Fsp3) is 0.276. The van der Waals surface area contributed by atoms with Gasteiger partial charge < -0.3 is 20.4 Å². The molecule has 5 nitrogen and oxygen atoms in total. The van der Waals surface area contributed by atoms with Crippen LogP contribution in [0.2, 0.25) is 0 Å². The minimum Gasteiger partial charge on any atom is -0.508 e. The lowest BCUT2D eigenvalue weighted by Crippen LogP contribution is -2.35. The molecule has 0 unspecified atom stereocenters. The van der Waals surface area contributed by atoms with Crippen molar-refractivity contribution in [3.05, 3.63) is 101 Å². The second-order valence-electron chi connectivity index (χ2n) is 8.62. The highest BCUT2D eigenvalue weighted by Crippen LogP contribution is 2.29. The molecule has 1 aliphatic rings. The Kier molecular flexibility index (Phi) is 9.32. The number of rotatable bonds is 6. The molecule has 3 N–H and O–H groups in total. The van der Waals surface area contributed by atoms with E-state index in [9.17, 15) is 9.50 Å². The van der Waals surface area contributed by atoms with E-state index in [1.165, 1.54) is 34.4 Å². The molecule has 0 aromatic heterocycles. The molecule has 0 spiro atoms. The zero-order chi connectivity index (χ0) is 25.4. The molecular weight excluding hydrogens is 443 g/mol. The van der Waals surface area contributed by atoms with Gasteiger partial charge in [-0.3, -0.25) is 4.90 Å². The molecule has 4 rings (SSSR count). The average molecular weight is 477 g/mol. The molecule has 0 saturated carbocycles. The molecule has 1 saturated heterocycles. The number of aryl methyl sites for hydroxylation is 1. The van der Waals surface area contributed by atoms with E-state index in [1.807, 2.05) is 6.07 Å². The van der Waals surface area contributed by atoms with E-state index in [4.69, 9.17) is 15.3 Å². The van der Waals surface area contributed by atoms with Gasteiger partial charge in [0.1, 0.15) is 11.6 Å². The number of benzene rings is 3. The first-order valence-electron chi connectivity index (χ1n) is 11.6. The molecule has 3 aromatic rings. The first kappa shape index (κ1) is 26.3. The lowest BCUT2D eigenvalue weighted by molar-refractivity contribution is 0.0342. The Hall–Kier alpha value is -3.32. The zero-order valence-corrected chi connectivity index (χ0v) is 20.4. The Labute approximate surface area is 206 Å². The molecule has 35 heavy (non-hydrogen) atoms. The first-order chi connectivity index (χ1) is 16.8. The number of nitrogens with one attached hydrogen (secondary N) is 1. The monoisotopic (exact) mass is 476 g/mol. The summed E-state index contributed by atoms with van der Waals surface area (Å²) in [5, 5.41) is 25.7. The lowest BCUT2D eigenvalue weighted by Gasteiger charge is -2.28. The summed E-state index contributed by atoms with van der Waals surface area (Å²) in [5.41, 5.74) is 6.93. The SMILES string of the molecule is C=C(O)c1ccc(C(C)=N)cc1F.Cc1ccccc1-c1ccc(CO)cc1CN1CCOCC1. The van der Waals surface area contributed by atoms with E-state index in [1.54, 1.807) is 13.0 Å². The van der Waals surface area contributed by atoms with Gasteiger partial charge in [-0.15, -0.1) is 0 Å². The predicted octanol–water partition coefficient (Wildman–Crippen LogP) is 5.73. The van der Waals surface area contributed by atoms with Gasteiger partial charge in [0.05, 0.1) is 25.4 Å². The molecule has 1 heterocycles. The minimum atomic E-state index is -0.559. The van der Waals surface area contributed by atoms with Crippen LogP contribution in [-0.4, -0.2) is 47.1 Å². The molecule has 184 valence electrons. The normalized spacial score (nSPS) is 13.6. The van der Waals surface area contributed by atoms with Gasteiger partial charge in [0.15, 0.2) is 0 Å². The molecule has 3 aromatic carbocycles. The van der Waals surface area contributed by atoms with Crippen molar-refractivity contribution in [3.63, 3.8) is 0 Å². The van der Waals surface area contributed by atoms with Crippen LogP contribution in [0.25, 0.3) is 16.9 Å². The summed E-state index contributed by atoms with van der Waals surface area (Å²) in [6.45, 7) is 11.5. The highest BCUT2D eigenvalue weighted by molar-refractivity contribution is 5.96. The van der Waals surface area contributed by atoms with Crippen LogP contribution >= 0.6 is 0 Å². The van der Waals surface area contributed by atoms with Crippen LogP contribution in [0.5, 0.6) is 0 Å². The van der Waals surface area contributed by atoms with E-state index in [0.717, 1.165) is 38.4 Å². The molecular formula is C29H33FN2O3. The summed E-state index contributed by atoms with van der Waals surface area (Å²) in [5.74, 6) is -0.858. The third kappa shape index (κ3) is 7.09. The largest absolute Gasteiger partial charge is 0.508 e. The summed E-state index contributed by atoms with van der Waals surface area (Å²) in [7, 11) is 0. The van der Waals surface area contributed by atoms with Crippen molar-refractivity contribution in [2.75, 3.05) is 26.3 Å².